The Morgan fingerprint density at radius 3 is 1.90 bits per heavy atom. The molecular weight excluding hydrogens is 439 g/mol. The lowest BCUT2D eigenvalue weighted by Gasteiger charge is -2.11. The number of nitrogens with one attached hydrogen (secondary N) is 1. The molecule has 0 unspecified atom stereocenters. The number of hydrogen-bond donors (Lipinski definition) is 1. The Morgan fingerprint density at radius 2 is 1.38 bits per heavy atom. The van der Waals surface area contributed by atoms with Crippen LogP contribution in [0.15, 0.2) is 44.2 Å². The first-order chi connectivity index (χ1) is 9.70. The lowest BCUT2D eigenvalue weighted by atomic mass is 10.3. The van der Waals surface area contributed by atoms with E-state index in [0.717, 1.165) is 24.3 Å². The molecule has 21 heavy (non-hydrogen) atoms. The van der Waals surface area contributed by atoms with Crippen LogP contribution < -0.4 is 4.72 Å². The molecule has 0 spiro atoms. The van der Waals surface area contributed by atoms with E-state index in [1.54, 1.807) is 4.72 Å². The lowest BCUT2D eigenvalue weighted by molar-refractivity contribution is 0.565. The van der Waals surface area contributed by atoms with Gasteiger partial charge in [-0.2, -0.15) is 0 Å². The van der Waals surface area contributed by atoms with Crippen LogP contribution in [0, 0.1) is 17.5 Å². The molecule has 2 aromatic rings. The van der Waals surface area contributed by atoms with Crippen molar-refractivity contribution in [2.45, 2.75) is 4.90 Å². The number of benzene rings is 2. The molecule has 0 heterocycles. The molecule has 0 saturated carbocycles. The minimum Gasteiger partial charge on any atom is -0.274 e. The fourth-order valence-corrected chi connectivity index (χ4v) is 3.39. The Balaban J connectivity index is 2.47. The summed E-state index contributed by atoms with van der Waals surface area (Å²) in [6.45, 7) is 0. The van der Waals surface area contributed by atoms with Gasteiger partial charge in [-0.25, -0.2) is 21.6 Å². The first kappa shape index (κ1) is 16.3. The van der Waals surface area contributed by atoms with Crippen LogP contribution in [0.2, 0.25) is 0 Å². The minimum absolute atomic E-state index is 0.107. The van der Waals surface area contributed by atoms with Gasteiger partial charge in [0.05, 0.1) is 0 Å². The van der Waals surface area contributed by atoms with E-state index in [1.807, 2.05) is 0 Å². The standard InChI is InChI=1S/C12H6Br2F3NO2S/c13-6-1-2-11(8(15)3-6)21(19,20)18-12-9(16)4-7(14)5-10(12)17/h1-5,18H. The highest BCUT2D eigenvalue weighted by Crippen LogP contribution is 2.27. The Hall–Kier alpha value is -1.06. The van der Waals surface area contributed by atoms with E-state index in [-0.39, 0.29) is 4.47 Å². The number of anilines is 1. The Bertz CT molecular complexity index is 789. The maximum Gasteiger partial charge on any atom is 0.265 e. The summed E-state index contributed by atoms with van der Waals surface area (Å²) in [6, 6.07) is 4.99. The molecule has 0 aliphatic heterocycles. The van der Waals surface area contributed by atoms with Gasteiger partial charge in [-0.05, 0) is 30.3 Å². The highest BCUT2D eigenvalue weighted by molar-refractivity contribution is 9.10. The van der Waals surface area contributed by atoms with Gasteiger partial charge in [0.25, 0.3) is 10.0 Å². The molecule has 0 bridgehead atoms. The molecule has 0 aromatic heterocycles. The van der Waals surface area contributed by atoms with Gasteiger partial charge in [-0.3, -0.25) is 4.72 Å². The Kier molecular flexibility index (Phi) is 4.64. The molecule has 0 fully saturated rings. The van der Waals surface area contributed by atoms with Crippen molar-refractivity contribution >= 4 is 47.6 Å². The fourth-order valence-electron chi connectivity index (χ4n) is 1.52. The maximum atomic E-state index is 13.7. The van der Waals surface area contributed by atoms with Crippen LogP contribution in [-0.2, 0) is 10.0 Å². The van der Waals surface area contributed by atoms with E-state index in [0.29, 0.717) is 4.47 Å². The smallest absolute Gasteiger partial charge is 0.265 e. The topological polar surface area (TPSA) is 46.2 Å². The van der Waals surface area contributed by atoms with Crippen LogP contribution in [-0.4, -0.2) is 8.42 Å². The third-order valence-electron chi connectivity index (χ3n) is 2.43. The second kappa shape index (κ2) is 5.98. The van der Waals surface area contributed by atoms with E-state index >= 15 is 0 Å². The van der Waals surface area contributed by atoms with Crippen LogP contribution in [0.3, 0.4) is 0 Å². The summed E-state index contributed by atoms with van der Waals surface area (Å²) in [6.07, 6.45) is 0. The molecule has 0 atom stereocenters. The predicted molar refractivity (Wildman–Crippen MR) is 79.0 cm³/mol. The van der Waals surface area contributed by atoms with Gasteiger partial charge in [0.15, 0.2) is 11.6 Å². The van der Waals surface area contributed by atoms with Crippen LogP contribution in [0.5, 0.6) is 0 Å². The second-order valence-electron chi connectivity index (χ2n) is 3.92. The normalized spacial score (nSPS) is 11.5. The zero-order valence-corrected chi connectivity index (χ0v) is 14.0. The van der Waals surface area contributed by atoms with Crippen LogP contribution in [0.1, 0.15) is 0 Å². The van der Waals surface area contributed by atoms with Gasteiger partial charge in [0.2, 0.25) is 0 Å². The molecular formula is C12H6Br2F3NO2S. The quantitative estimate of drug-likeness (QED) is 0.761. The van der Waals surface area contributed by atoms with E-state index in [4.69, 9.17) is 0 Å². The van der Waals surface area contributed by atoms with E-state index in [1.165, 1.54) is 6.07 Å². The summed E-state index contributed by atoms with van der Waals surface area (Å²) in [7, 11) is -4.46. The first-order valence-electron chi connectivity index (χ1n) is 5.33. The summed E-state index contributed by atoms with van der Waals surface area (Å²) >= 11 is 5.85. The maximum absolute atomic E-state index is 13.7. The van der Waals surface area contributed by atoms with Crippen molar-refractivity contribution in [1.82, 2.24) is 0 Å². The molecule has 0 radical (unpaired) electrons. The number of rotatable bonds is 3. The van der Waals surface area contributed by atoms with Gasteiger partial charge in [0, 0.05) is 8.95 Å². The average Bonchev–Trinajstić information content (AvgIpc) is 2.33. The van der Waals surface area contributed by atoms with Crippen molar-refractivity contribution in [2.75, 3.05) is 4.72 Å². The van der Waals surface area contributed by atoms with Gasteiger partial charge in [-0.15, -0.1) is 0 Å². The second-order valence-corrected chi connectivity index (χ2v) is 7.41. The molecule has 0 amide bonds. The summed E-state index contributed by atoms with van der Waals surface area (Å²) in [5, 5.41) is 0. The molecule has 2 rings (SSSR count). The number of halogens is 5. The van der Waals surface area contributed by atoms with Gasteiger partial charge in [0.1, 0.15) is 16.4 Å². The summed E-state index contributed by atoms with van der Waals surface area (Å²) < 4.78 is 67.1. The lowest BCUT2D eigenvalue weighted by Crippen LogP contribution is -2.16. The zero-order valence-electron chi connectivity index (χ0n) is 10.0. The summed E-state index contributed by atoms with van der Waals surface area (Å²) in [4.78, 5) is -0.715. The van der Waals surface area contributed by atoms with Crippen molar-refractivity contribution in [3.8, 4) is 0 Å². The molecule has 0 saturated heterocycles. The molecule has 112 valence electrons. The summed E-state index contributed by atoms with van der Waals surface area (Å²) in [5.41, 5.74) is -0.875. The third kappa shape index (κ3) is 3.58. The first-order valence-corrected chi connectivity index (χ1v) is 8.40. The van der Waals surface area contributed by atoms with Crippen LogP contribution in [0.4, 0.5) is 18.9 Å². The van der Waals surface area contributed by atoms with Gasteiger partial charge in [-0.1, -0.05) is 31.9 Å². The SMILES string of the molecule is O=S(=O)(Nc1c(F)cc(Br)cc1F)c1ccc(Br)cc1F. The van der Waals surface area contributed by atoms with Crippen LogP contribution in [0.25, 0.3) is 0 Å². The average molecular weight is 445 g/mol. The number of hydrogen-bond acceptors (Lipinski definition) is 2. The van der Waals surface area contributed by atoms with Crippen molar-refractivity contribution in [2.24, 2.45) is 0 Å². The van der Waals surface area contributed by atoms with E-state index in [2.05, 4.69) is 31.9 Å². The molecule has 0 aliphatic rings. The van der Waals surface area contributed by atoms with Crippen molar-refractivity contribution < 1.29 is 21.6 Å². The largest absolute Gasteiger partial charge is 0.274 e. The van der Waals surface area contributed by atoms with Crippen molar-refractivity contribution in [3.05, 3.63) is 56.7 Å². The van der Waals surface area contributed by atoms with Crippen LogP contribution >= 0.6 is 31.9 Å². The monoisotopic (exact) mass is 443 g/mol. The molecule has 3 nitrogen and oxygen atoms in total. The zero-order chi connectivity index (χ0) is 15.8. The highest BCUT2D eigenvalue weighted by Gasteiger charge is 2.23. The van der Waals surface area contributed by atoms with Gasteiger partial charge < -0.3 is 0 Å². The fraction of sp³-hybridized carbons (Fsp3) is 0. The van der Waals surface area contributed by atoms with E-state index in [9.17, 15) is 21.6 Å². The van der Waals surface area contributed by atoms with Crippen molar-refractivity contribution in [1.29, 1.82) is 0 Å². The third-order valence-corrected chi connectivity index (χ3v) is 4.76. The summed E-state index contributed by atoms with van der Waals surface area (Å²) in [5.74, 6) is -3.29. The molecule has 9 heteroatoms. The molecule has 1 N–H and O–H groups in total. The highest BCUT2D eigenvalue weighted by atomic mass is 79.9. The Morgan fingerprint density at radius 1 is 0.857 bits per heavy atom. The van der Waals surface area contributed by atoms with Gasteiger partial charge >= 0.3 is 0 Å². The van der Waals surface area contributed by atoms with E-state index < -0.39 is 38.1 Å². The molecule has 0 aliphatic carbocycles. The minimum atomic E-state index is -4.46. The predicted octanol–water partition coefficient (Wildman–Crippen LogP) is 4.43. The van der Waals surface area contributed by atoms with Crippen molar-refractivity contribution in [3.63, 3.8) is 0 Å². The molecule has 2 aromatic carbocycles. The number of sulfonamides is 1. The Labute approximate surface area is 135 Å².